The molecule has 0 aliphatic rings. The topological polar surface area (TPSA) is 128 Å². The summed E-state index contributed by atoms with van der Waals surface area (Å²) in [7, 11) is 0. The van der Waals surface area contributed by atoms with Gasteiger partial charge in [0, 0.05) is 18.7 Å². The Kier molecular flexibility index (Phi) is 4.52. The van der Waals surface area contributed by atoms with Gasteiger partial charge >= 0.3 is 5.63 Å². The Morgan fingerprint density at radius 1 is 1.21 bits per heavy atom. The van der Waals surface area contributed by atoms with Crippen molar-refractivity contribution in [3.8, 4) is 11.6 Å². The van der Waals surface area contributed by atoms with Crippen LogP contribution in [0.1, 0.15) is 30.3 Å². The first-order valence-corrected chi connectivity index (χ1v) is 8.46. The molecule has 0 aromatic carbocycles. The lowest BCUT2D eigenvalue weighted by atomic mass is 10.1. The molecule has 0 saturated carbocycles. The van der Waals surface area contributed by atoms with Crippen LogP contribution in [0.3, 0.4) is 0 Å². The Morgan fingerprint density at radius 3 is 2.82 bits per heavy atom. The second-order valence-corrected chi connectivity index (χ2v) is 6.07. The number of H-pyrrole nitrogens is 1. The lowest BCUT2D eigenvalue weighted by molar-refractivity contribution is 0.355. The normalized spacial score (nSPS) is 12.4. The summed E-state index contributed by atoms with van der Waals surface area (Å²) in [6, 6.07) is 6.51. The molecule has 0 bridgehead atoms. The van der Waals surface area contributed by atoms with Gasteiger partial charge in [-0.25, -0.2) is 9.18 Å². The molecule has 142 valence electrons. The van der Waals surface area contributed by atoms with Crippen molar-refractivity contribution in [2.75, 3.05) is 0 Å². The van der Waals surface area contributed by atoms with E-state index < -0.39 is 17.4 Å². The largest absolute Gasteiger partial charge is 0.403 e. The lowest BCUT2D eigenvalue weighted by Crippen LogP contribution is -2.17. The summed E-state index contributed by atoms with van der Waals surface area (Å²) in [5.74, 6) is 0.463. The monoisotopic (exact) mass is 383 g/mol. The van der Waals surface area contributed by atoms with Gasteiger partial charge in [0.2, 0.25) is 5.71 Å². The van der Waals surface area contributed by atoms with Crippen molar-refractivity contribution in [1.29, 1.82) is 0 Å². The lowest BCUT2D eigenvalue weighted by Gasteiger charge is -2.05. The molecule has 9 nitrogen and oxygen atoms in total. The van der Waals surface area contributed by atoms with Crippen molar-refractivity contribution in [3.05, 3.63) is 68.4 Å². The summed E-state index contributed by atoms with van der Waals surface area (Å²) in [4.78, 5) is 38.9. The number of fused-ring (bicyclic) bond motifs is 1. The number of nitrogens with zero attached hydrogens (tertiary/aromatic N) is 4. The average molecular weight is 383 g/mol. The van der Waals surface area contributed by atoms with Crippen LogP contribution in [0.4, 0.5) is 4.39 Å². The molecule has 1 N–H and O–H groups in total. The average Bonchev–Trinajstić information content (AvgIpc) is 3.15. The van der Waals surface area contributed by atoms with Gasteiger partial charge in [-0.3, -0.25) is 9.78 Å². The molecule has 4 heterocycles. The van der Waals surface area contributed by atoms with E-state index in [9.17, 15) is 14.0 Å². The highest BCUT2D eigenvalue weighted by Gasteiger charge is 2.16. The Hall–Kier alpha value is -3.69. The second kappa shape index (κ2) is 7.14. The molecule has 0 aliphatic carbocycles. The van der Waals surface area contributed by atoms with Gasteiger partial charge in [-0.1, -0.05) is 11.2 Å². The molecule has 4 rings (SSSR count). The van der Waals surface area contributed by atoms with E-state index in [1.165, 1.54) is 13.0 Å². The Labute approximate surface area is 156 Å². The fraction of sp³-hybridized carbons (Fsp3) is 0.222. The molecule has 0 spiro atoms. The number of aromatic amines is 1. The van der Waals surface area contributed by atoms with Crippen LogP contribution >= 0.6 is 0 Å². The Balaban J connectivity index is 1.64. The maximum absolute atomic E-state index is 13.5. The van der Waals surface area contributed by atoms with E-state index >= 15 is 0 Å². The SMILES string of the molecule is CC(F)c1nc2oc(=O)cc(CCc3noc(-c4ccccn4)n3)c2c(=O)[nH]1. The van der Waals surface area contributed by atoms with Crippen LogP contribution in [0, 0.1) is 0 Å². The summed E-state index contributed by atoms with van der Waals surface area (Å²) < 4.78 is 23.6. The van der Waals surface area contributed by atoms with Crippen LogP contribution in [-0.2, 0) is 12.8 Å². The number of aromatic nitrogens is 5. The fourth-order valence-corrected chi connectivity index (χ4v) is 2.75. The third kappa shape index (κ3) is 3.43. The molecule has 0 amide bonds. The standard InChI is InChI=1S/C18H14FN5O4/c1-9(19)15-22-16(26)14-10(8-13(25)27-18(14)23-15)5-6-12-21-17(28-24-12)11-4-2-3-7-20-11/h2-4,7-9H,5-6H2,1H3,(H,22,23,26). The first kappa shape index (κ1) is 17.7. The van der Waals surface area contributed by atoms with Crippen LogP contribution in [0.2, 0.25) is 0 Å². The van der Waals surface area contributed by atoms with Crippen molar-refractivity contribution in [3.63, 3.8) is 0 Å². The molecule has 4 aromatic rings. The highest BCUT2D eigenvalue weighted by atomic mass is 19.1. The zero-order chi connectivity index (χ0) is 19.7. The quantitative estimate of drug-likeness (QED) is 0.555. The second-order valence-electron chi connectivity index (χ2n) is 6.07. The van der Waals surface area contributed by atoms with Gasteiger partial charge in [-0.2, -0.15) is 9.97 Å². The maximum Gasteiger partial charge on any atom is 0.337 e. The molecule has 0 fully saturated rings. The molecule has 0 saturated heterocycles. The number of pyridine rings is 1. The van der Waals surface area contributed by atoms with Crippen LogP contribution in [0.25, 0.3) is 22.7 Å². The molecule has 4 aromatic heterocycles. The van der Waals surface area contributed by atoms with Gasteiger partial charge in [0.05, 0.1) is 0 Å². The van der Waals surface area contributed by atoms with Gasteiger partial charge in [0.1, 0.15) is 16.9 Å². The van der Waals surface area contributed by atoms with Crippen molar-refractivity contribution in [2.24, 2.45) is 0 Å². The summed E-state index contributed by atoms with van der Waals surface area (Å²) in [6.45, 7) is 1.22. The Morgan fingerprint density at radius 2 is 2.07 bits per heavy atom. The van der Waals surface area contributed by atoms with Crippen LogP contribution in [0.15, 0.2) is 49.0 Å². The molecule has 0 radical (unpaired) electrons. The first-order chi connectivity index (χ1) is 13.5. The summed E-state index contributed by atoms with van der Waals surface area (Å²) >= 11 is 0. The highest BCUT2D eigenvalue weighted by Crippen LogP contribution is 2.18. The highest BCUT2D eigenvalue weighted by molar-refractivity contribution is 5.75. The number of aryl methyl sites for hydroxylation is 2. The maximum atomic E-state index is 13.5. The molecular formula is C18H14FN5O4. The van der Waals surface area contributed by atoms with E-state index in [0.29, 0.717) is 23.5 Å². The molecule has 10 heteroatoms. The third-order valence-electron chi connectivity index (χ3n) is 4.06. The van der Waals surface area contributed by atoms with Crippen LogP contribution in [0.5, 0.6) is 0 Å². The number of hydrogen-bond acceptors (Lipinski definition) is 8. The number of halogens is 1. The minimum absolute atomic E-state index is 0.0949. The van der Waals surface area contributed by atoms with Gasteiger partial charge in [-0.15, -0.1) is 0 Å². The molecule has 1 unspecified atom stereocenters. The zero-order valence-corrected chi connectivity index (χ0v) is 14.7. The molecule has 1 atom stereocenters. The molecule has 0 aliphatic heterocycles. The van der Waals surface area contributed by atoms with Crippen molar-refractivity contribution >= 4 is 11.1 Å². The van der Waals surface area contributed by atoms with Crippen LogP contribution < -0.4 is 11.2 Å². The van der Waals surface area contributed by atoms with Gasteiger partial charge < -0.3 is 13.9 Å². The minimum Gasteiger partial charge on any atom is -0.403 e. The number of rotatable bonds is 5. The van der Waals surface area contributed by atoms with Crippen molar-refractivity contribution in [1.82, 2.24) is 25.1 Å². The predicted octanol–water partition coefficient (Wildman–Crippen LogP) is 2.14. The summed E-state index contributed by atoms with van der Waals surface area (Å²) in [5, 5.41) is 3.99. The van der Waals surface area contributed by atoms with Crippen molar-refractivity contribution in [2.45, 2.75) is 25.9 Å². The predicted molar refractivity (Wildman–Crippen MR) is 95.4 cm³/mol. The van der Waals surface area contributed by atoms with E-state index in [1.54, 1.807) is 24.4 Å². The first-order valence-electron chi connectivity index (χ1n) is 8.46. The van der Waals surface area contributed by atoms with Crippen LogP contribution in [-0.4, -0.2) is 25.1 Å². The smallest absolute Gasteiger partial charge is 0.337 e. The van der Waals surface area contributed by atoms with E-state index in [0.717, 1.165) is 0 Å². The van der Waals surface area contributed by atoms with Gasteiger partial charge in [0.15, 0.2) is 12.0 Å². The number of alkyl halides is 1. The van der Waals surface area contributed by atoms with E-state index in [1.807, 2.05) is 0 Å². The molecule has 28 heavy (non-hydrogen) atoms. The summed E-state index contributed by atoms with van der Waals surface area (Å²) in [6.07, 6.45) is 0.671. The Bertz CT molecular complexity index is 1250. The summed E-state index contributed by atoms with van der Waals surface area (Å²) in [5.41, 5.74) is -0.512. The van der Waals surface area contributed by atoms with E-state index in [2.05, 4.69) is 25.1 Å². The van der Waals surface area contributed by atoms with Gasteiger partial charge in [0.25, 0.3) is 11.4 Å². The van der Waals surface area contributed by atoms with E-state index in [4.69, 9.17) is 8.94 Å². The van der Waals surface area contributed by atoms with E-state index in [-0.39, 0.29) is 29.2 Å². The third-order valence-corrected chi connectivity index (χ3v) is 4.06. The van der Waals surface area contributed by atoms with Gasteiger partial charge in [-0.05, 0) is 31.0 Å². The number of nitrogens with one attached hydrogen (secondary N) is 1. The minimum atomic E-state index is -1.50. The van der Waals surface area contributed by atoms with Crippen molar-refractivity contribution < 1.29 is 13.3 Å². The zero-order valence-electron chi connectivity index (χ0n) is 14.7. The fourth-order valence-electron chi connectivity index (χ4n) is 2.75. The number of hydrogen-bond donors (Lipinski definition) is 1. The molecular weight excluding hydrogens is 369 g/mol.